The lowest BCUT2D eigenvalue weighted by atomic mass is 10.0. The molecule has 14 heteroatoms. The Morgan fingerprint density at radius 2 is 1.87 bits per heavy atom. The molecule has 1 aliphatic rings. The van der Waals surface area contributed by atoms with Crippen LogP contribution in [-0.4, -0.2) is 55.4 Å². The van der Waals surface area contributed by atoms with Gasteiger partial charge in [-0.3, -0.25) is 9.10 Å². The fraction of sp³-hybridized carbons (Fsp3) is 0.156. The van der Waals surface area contributed by atoms with E-state index < -0.39 is 40.8 Å². The topological polar surface area (TPSA) is 120 Å². The summed E-state index contributed by atoms with van der Waals surface area (Å²) in [6.07, 6.45) is 2.36. The smallest absolute Gasteiger partial charge is 0.255 e. The van der Waals surface area contributed by atoms with E-state index in [1.165, 1.54) is 55.7 Å². The van der Waals surface area contributed by atoms with Gasteiger partial charge in [0.15, 0.2) is 18.3 Å². The van der Waals surface area contributed by atoms with Crippen LogP contribution in [0, 0.1) is 11.6 Å². The number of ether oxygens (including phenoxy) is 1. The maximum atomic E-state index is 14.7. The molecule has 10 nitrogen and oxygen atoms in total. The number of hydrogen-bond acceptors (Lipinski definition) is 7. The zero-order chi connectivity index (χ0) is 32.3. The van der Waals surface area contributed by atoms with Gasteiger partial charge in [0, 0.05) is 35.0 Å². The standard InChI is InChI=1S/C32H24F3N5O5S/c1-36-32(41)28-21-12-20(31-37-15-27-29(38-31)25-13-19-22(35)4-3-5-23(19)39(25)16-44-27)24(40(11-10-33)46(2,42)43)14-26(21)45-30(28)17-6-8-18(34)9-7-17/h3-9,12-15H,10-11,16H2,1-2H3,(H,36,41). The molecule has 0 aliphatic carbocycles. The summed E-state index contributed by atoms with van der Waals surface area (Å²) in [6, 6.07) is 14.5. The SMILES string of the molecule is CNC(=O)c1c(-c2ccc(F)cc2)oc2cc(N(CCF)S(C)(=O)=O)c(-c3ncc4c(n3)-c3cc5c(F)cccc5n3CO4)cc12. The van der Waals surface area contributed by atoms with Gasteiger partial charge in [-0.05, 0) is 48.5 Å². The molecule has 1 N–H and O–H groups in total. The Balaban J connectivity index is 1.51. The number of sulfonamides is 1. The van der Waals surface area contributed by atoms with E-state index in [4.69, 9.17) is 14.1 Å². The number of benzene rings is 3. The number of anilines is 1. The summed E-state index contributed by atoms with van der Waals surface area (Å²) < 4.78 is 82.8. The molecule has 3 aromatic carbocycles. The maximum absolute atomic E-state index is 14.7. The van der Waals surface area contributed by atoms with Gasteiger partial charge in [0.1, 0.15) is 35.3 Å². The molecule has 4 heterocycles. The van der Waals surface area contributed by atoms with Crippen LogP contribution in [0.4, 0.5) is 18.9 Å². The number of halogens is 3. The van der Waals surface area contributed by atoms with Crippen molar-refractivity contribution in [3.8, 4) is 39.8 Å². The summed E-state index contributed by atoms with van der Waals surface area (Å²) in [5, 5.41) is 3.22. The number of rotatable bonds is 7. The van der Waals surface area contributed by atoms with E-state index in [0.29, 0.717) is 33.6 Å². The van der Waals surface area contributed by atoms with Crippen molar-refractivity contribution in [2.24, 2.45) is 0 Å². The molecule has 0 bridgehead atoms. The van der Waals surface area contributed by atoms with Crippen molar-refractivity contribution in [1.82, 2.24) is 19.9 Å². The number of aromatic nitrogens is 3. The van der Waals surface area contributed by atoms with E-state index in [0.717, 1.165) is 10.6 Å². The van der Waals surface area contributed by atoms with Gasteiger partial charge in [-0.25, -0.2) is 31.6 Å². The Morgan fingerprint density at radius 3 is 2.59 bits per heavy atom. The summed E-state index contributed by atoms with van der Waals surface area (Å²) in [4.78, 5) is 22.4. The molecule has 1 aliphatic heterocycles. The largest absolute Gasteiger partial charge is 0.469 e. The Bertz CT molecular complexity index is 2300. The molecule has 3 aromatic heterocycles. The number of hydrogen-bond donors (Lipinski definition) is 1. The van der Waals surface area contributed by atoms with E-state index in [-0.39, 0.29) is 46.1 Å². The highest BCUT2D eigenvalue weighted by atomic mass is 32.2. The van der Waals surface area contributed by atoms with Crippen LogP contribution in [-0.2, 0) is 16.8 Å². The second kappa shape index (κ2) is 10.9. The monoisotopic (exact) mass is 647 g/mol. The number of nitrogens with zero attached hydrogens (tertiary/aromatic N) is 4. The van der Waals surface area contributed by atoms with Gasteiger partial charge in [0.25, 0.3) is 5.91 Å². The van der Waals surface area contributed by atoms with Gasteiger partial charge in [-0.15, -0.1) is 0 Å². The third-order valence-electron chi connectivity index (χ3n) is 7.80. The van der Waals surface area contributed by atoms with Gasteiger partial charge in [-0.2, -0.15) is 0 Å². The first kappa shape index (κ1) is 29.3. The average molecular weight is 648 g/mol. The first-order valence-electron chi connectivity index (χ1n) is 14.0. The van der Waals surface area contributed by atoms with Gasteiger partial charge in [-0.1, -0.05) is 6.07 Å². The number of amides is 1. The highest BCUT2D eigenvalue weighted by Crippen LogP contribution is 2.43. The lowest BCUT2D eigenvalue weighted by molar-refractivity contribution is 0.0964. The van der Waals surface area contributed by atoms with Crippen molar-refractivity contribution >= 4 is 43.5 Å². The second-order valence-electron chi connectivity index (χ2n) is 10.6. The fourth-order valence-electron chi connectivity index (χ4n) is 5.72. The van der Waals surface area contributed by atoms with Crippen LogP contribution in [0.5, 0.6) is 5.75 Å². The predicted octanol–water partition coefficient (Wildman–Crippen LogP) is 5.90. The van der Waals surface area contributed by atoms with Crippen LogP contribution in [0.1, 0.15) is 10.4 Å². The zero-order valence-corrected chi connectivity index (χ0v) is 25.2. The fourth-order valence-corrected chi connectivity index (χ4v) is 6.63. The molecule has 0 saturated carbocycles. The Morgan fingerprint density at radius 1 is 1.09 bits per heavy atom. The minimum atomic E-state index is -4.04. The van der Waals surface area contributed by atoms with Crippen LogP contribution in [0.3, 0.4) is 0 Å². The number of fused-ring (bicyclic) bond motifs is 6. The molecular formula is C32H24F3N5O5S. The molecule has 0 atom stereocenters. The van der Waals surface area contributed by atoms with Gasteiger partial charge in [0.05, 0.1) is 41.5 Å². The summed E-state index contributed by atoms with van der Waals surface area (Å²) in [6.45, 7) is -1.44. The lowest BCUT2D eigenvalue weighted by Gasteiger charge is -2.24. The normalized spacial score (nSPS) is 12.5. The van der Waals surface area contributed by atoms with Crippen molar-refractivity contribution in [2.75, 3.05) is 30.8 Å². The van der Waals surface area contributed by atoms with Crippen molar-refractivity contribution in [1.29, 1.82) is 0 Å². The highest BCUT2D eigenvalue weighted by molar-refractivity contribution is 7.92. The number of nitrogens with one attached hydrogen (secondary N) is 1. The molecule has 234 valence electrons. The Hall–Kier alpha value is -5.37. The summed E-state index contributed by atoms with van der Waals surface area (Å²) in [7, 11) is -2.61. The van der Waals surface area contributed by atoms with E-state index in [2.05, 4.69) is 10.3 Å². The first-order chi connectivity index (χ1) is 22.1. The Kier molecular flexibility index (Phi) is 6.96. The Labute approximate surface area is 260 Å². The summed E-state index contributed by atoms with van der Waals surface area (Å²) in [5.41, 5.74) is 2.21. The summed E-state index contributed by atoms with van der Waals surface area (Å²) >= 11 is 0. The minimum absolute atomic E-state index is 0.00113. The third-order valence-corrected chi connectivity index (χ3v) is 8.98. The molecule has 0 saturated heterocycles. The number of carbonyl (C=O) groups excluding carboxylic acids is 1. The predicted molar refractivity (Wildman–Crippen MR) is 166 cm³/mol. The lowest BCUT2D eigenvalue weighted by Crippen LogP contribution is -2.32. The summed E-state index contributed by atoms with van der Waals surface area (Å²) in [5.74, 6) is -0.975. The highest BCUT2D eigenvalue weighted by Gasteiger charge is 2.30. The van der Waals surface area contributed by atoms with Gasteiger partial charge in [0.2, 0.25) is 10.0 Å². The number of alkyl halides is 1. The van der Waals surface area contributed by atoms with Crippen molar-refractivity contribution in [3.05, 3.63) is 84.1 Å². The van der Waals surface area contributed by atoms with Crippen molar-refractivity contribution in [2.45, 2.75) is 6.73 Å². The van der Waals surface area contributed by atoms with Crippen molar-refractivity contribution < 1.29 is 35.5 Å². The quantitative estimate of drug-likeness (QED) is 0.229. The molecule has 46 heavy (non-hydrogen) atoms. The number of furan rings is 1. The van der Waals surface area contributed by atoms with Crippen LogP contribution >= 0.6 is 0 Å². The molecule has 0 unspecified atom stereocenters. The molecule has 1 amide bonds. The third kappa shape index (κ3) is 4.72. The van der Waals surface area contributed by atoms with E-state index in [9.17, 15) is 26.4 Å². The second-order valence-corrected chi connectivity index (χ2v) is 12.5. The van der Waals surface area contributed by atoms with Crippen LogP contribution in [0.2, 0.25) is 0 Å². The first-order valence-corrected chi connectivity index (χ1v) is 15.8. The maximum Gasteiger partial charge on any atom is 0.255 e. The van der Waals surface area contributed by atoms with E-state index in [1.807, 2.05) is 0 Å². The van der Waals surface area contributed by atoms with Crippen molar-refractivity contribution in [3.63, 3.8) is 0 Å². The molecule has 0 spiro atoms. The van der Waals surface area contributed by atoms with Gasteiger partial charge >= 0.3 is 0 Å². The average Bonchev–Trinajstić information content (AvgIpc) is 3.62. The zero-order valence-electron chi connectivity index (χ0n) is 24.3. The molecule has 7 rings (SSSR count). The van der Waals surface area contributed by atoms with Crippen LogP contribution in [0.25, 0.3) is 56.0 Å². The molecule has 6 aromatic rings. The van der Waals surface area contributed by atoms with E-state index >= 15 is 0 Å². The number of carbonyl (C=O) groups is 1. The van der Waals surface area contributed by atoms with E-state index in [1.54, 1.807) is 22.8 Å². The minimum Gasteiger partial charge on any atom is -0.469 e. The van der Waals surface area contributed by atoms with Gasteiger partial charge < -0.3 is 19.0 Å². The van der Waals surface area contributed by atoms with Crippen LogP contribution < -0.4 is 14.4 Å². The molecular weight excluding hydrogens is 623 g/mol. The molecule has 0 radical (unpaired) electrons. The van der Waals surface area contributed by atoms with Crippen LogP contribution in [0.15, 0.2) is 71.3 Å². The molecule has 0 fully saturated rings.